The first-order valence-electron chi connectivity index (χ1n) is 15.3. The second kappa shape index (κ2) is 11.5. The summed E-state index contributed by atoms with van der Waals surface area (Å²) in [7, 11) is 1.34. The molecule has 0 saturated carbocycles. The third-order valence-electron chi connectivity index (χ3n) is 8.96. The Morgan fingerprint density at radius 1 is 1.04 bits per heavy atom. The van der Waals surface area contributed by atoms with Crippen molar-refractivity contribution in [1.82, 2.24) is 10.3 Å². The van der Waals surface area contributed by atoms with Gasteiger partial charge in [-0.2, -0.15) is 0 Å². The fourth-order valence-corrected chi connectivity index (χ4v) is 6.66. The van der Waals surface area contributed by atoms with Crippen molar-refractivity contribution in [3.8, 4) is 51.7 Å². The van der Waals surface area contributed by atoms with Crippen LogP contribution in [0, 0.1) is 11.8 Å². The summed E-state index contributed by atoms with van der Waals surface area (Å²) in [6, 6.07) is 16.8. The van der Waals surface area contributed by atoms with Crippen molar-refractivity contribution in [2.24, 2.45) is 0 Å². The Labute approximate surface area is 261 Å². The van der Waals surface area contributed by atoms with Crippen LogP contribution in [0.2, 0.25) is 0 Å². The van der Waals surface area contributed by atoms with Crippen LogP contribution >= 0.6 is 0 Å². The summed E-state index contributed by atoms with van der Waals surface area (Å²) >= 11 is 0. The number of rotatable bonds is 4. The smallest absolute Gasteiger partial charge is 0.204 e. The van der Waals surface area contributed by atoms with E-state index >= 15 is 0 Å². The van der Waals surface area contributed by atoms with Crippen LogP contribution in [-0.2, 0) is 12.8 Å². The standard InChI is InChI=1S/C36H35N3O6/c1-3-24-17-27-22-6-4-5-20(15-22)16-23(7-10-25-19-39(14-13-37-25)36(27)38-24)30-32(42)35(44-2)33(43)31-28(41)18-29(45-34(30)31)21-8-11-26(40)12-9-21/h4-6,8-9,11-12,15,17,23,25,29,37-38,40,42-43H,3,13-14,16,18-19H2,1-2H3/t23-,25+,29?/m1/s1. The number of nitrogens with one attached hydrogen (secondary N) is 2. The highest BCUT2D eigenvalue weighted by Gasteiger charge is 2.38. The van der Waals surface area contributed by atoms with Crippen LogP contribution in [0.15, 0.2) is 54.6 Å². The van der Waals surface area contributed by atoms with Gasteiger partial charge in [-0.25, -0.2) is 0 Å². The predicted molar refractivity (Wildman–Crippen MR) is 171 cm³/mol. The number of phenols is 3. The van der Waals surface area contributed by atoms with Gasteiger partial charge in [-0.05, 0) is 47.7 Å². The Bertz CT molecular complexity index is 1850. The van der Waals surface area contributed by atoms with Gasteiger partial charge in [-0.1, -0.05) is 55.2 Å². The van der Waals surface area contributed by atoms with Gasteiger partial charge in [-0.15, -0.1) is 0 Å². The highest BCUT2D eigenvalue weighted by Crippen LogP contribution is 2.54. The van der Waals surface area contributed by atoms with Crippen LogP contribution in [0.3, 0.4) is 0 Å². The quantitative estimate of drug-likeness (QED) is 0.201. The lowest BCUT2D eigenvalue weighted by atomic mass is 9.85. The molecule has 45 heavy (non-hydrogen) atoms. The largest absolute Gasteiger partial charge is 0.508 e. The molecule has 5 N–H and O–H groups in total. The zero-order chi connectivity index (χ0) is 31.2. The number of carbonyl (C=O) groups excluding carboxylic acids is 1. The van der Waals surface area contributed by atoms with E-state index in [1.807, 2.05) is 12.1 Å². The maximum absolute atomic E-state index is 13.6. The van der Waals surface area contributed by atoms with Gasteiger partial charge in [0, 0.05) is 30.9 Å². The number of Topliss-reactive ketones (excluding diaryl/α,β-unsaturated/α-hetero) is 1. The van der Waals surface area contributed by atoms with Gasteiger partial charge < -0.3 is 40.0 Å². The zero-order valence-corrected chi connectivity index (χ0v) is 25.2. The molecule has 0 radical (unpaired) electrons. The van der Waals surface area contributed by atoms with Crippen molar-refractivity contribution < 1.29 is 29.6 Å². The monoisotopic (exact) mass is 605 g/mol. The number of fused-ring (bicyclic) bond motifs is 8. The number of benzene rings is 3. The number of phenolic OH excluding ortho intramolecular Hbond substituents is 3. The number of methoxy groups -OCH3 is 1. The van der Waals surface area contributed by atoms with Gasteiger partial charge in [0.15, 0.2) is 17.3 Å². The summed E-state index contributed by atoms with van der Waals surface area (Å²) < 4.78 is 11.9. The number of piperazine rings is 1. The second-order valence-electron chi connectivity index (χ2n) is 11.8. The Morgan fingerprint density at radius 3 is 2.64 bits per heavy atom. The summed E-state index contributed by atoms with van der Waals surface area (Å²) in [5, 5.41) is 36.1. The maximum Gasteiger partial charge on any atom is 0.204 e. The number of ether oxygens (including phenoxy) is 2. The third-order valence-corrected chi connectivity index (χ3v) is 8.96. The van der Waals surface area contributed by atoms with Crippen LogP contribution < -0.4 is 19.7 Å². The number of carbonyl (C=O) groups is 1. The van der Waals surface area contributed by atoms with Gasteiger partial charge in [0.05, 0.1) is 31.1 Å². The molecule has 3 aliphatic heterocycles. The Kier molecular flexibility index (Phi) is 7.30. The molecule has 9 nitrogen and oxygen atoms in total. The molecule has 9 heteroatoms. The molecule has 3 aromatic carbocycles. The van der Waals surface area contributed by atoms with Crippen LogP contribution in [0.5, 0.6) is 28.7 Å². The third kappa shape index (κ3) is 5.11. The van der Waals surface area contributed by atoms with E-state index in [2.05, 4.69) is 52.2 Å². The molecular weight excluding hydrogens is 570 g/mol. The topological polar surface area (TPSA) is 127 Å². The fraction of sp³-hybridized carbons (Fsp3) is 0.306. The Morgan fingerprint density at radius 2 is 1.87 bits per heavy atom. The average Bonchev–Trinajstić information content (AvgIpc) is 3.48. The van der Waals surface area contributed by atoms with Crippen molar-refractivity contribution in [3.05, 3.63) is 82.5 Å². The number of H-pyrrole nitrogens is 1. The number of hydrogen-bond donors (Lipinski definition) is 5. The van der Waals surface area contributed by atoms with Gasteiger partial charge in [0.25, 0.3) is 0 Å². The zero-order valence-electron chi connectivity index (χ0n) is 25.2. The number of anilines is 1. The minimum Gasteiger partial charge on any atom is -0.508 e. The molecule has 1 saturated heterocycles. The molecule has 4 heterocycles. The molecule has 7 rings (SSSR count). The van der Waals surface area contributed by atoms with Crippen molar-refractivity contribution in [1.29, 1.82) is 0 Å². The molecule has 4 aromatic rings. The number of nitrogens with zero attached hydrogens (tertiary/aromatic N) is 1. The van der Waals surface area contributed by atoms with Crippen LogP contribution in [0.4, 0.5) is 5.82 Å². The van der Waals surface area contributed by atoms with Crippen LogP contribution in [0.1, 0.15) is 58.1 Å². The Balaban J connectivity index is 1.40. The molecule has 4 bridgehead atoms. The molecule has 1 unspecified atom stereocenters. The summed E-state index contributed by atoms with van der Waals surface area (Å²) in [5.41, 5.74) is 5.33. The van der Waals surface area contributed by atoms with Gasteiger partial charge >= 0.3 is 0 Å². The molecule has 3 aliphatic rings. The van der Waals surface area contributed by atoms with E-state index in [0.717, 1.165) is 47.7 Å². The summed E-state index contributed by atoms with van der Waals surface area (Å²) in [5.74, 6) is 6.24. The van der Waals surface area contributed by atoms with E-state index in [1.54, 1.807) is 12.1 Å². The van der Waals surface area contributed by atoms with Crippen molar-refractivity contribution in [2.75, 3.05) is 31.6 Å². The number of aromatic hydroxyl groups is 3. The number of hydrogen-bond acceptors (Lipinski definition) is 8. The van der Waals surface area contributed by atoms with Gasteiger partial charge in [0.2, 0.25) is 5.75 Å². The minimum absolute atomic E-state index is 0.0256. The number of aromatic amines is 1. The minimum atomic E-state index is -0.688. The average molecular weight is 606 g/mol. The van der Waals surface area contributed by atoms with E-state index in [1.165, 1.54) is 19.2 Å². The molecule has 1 fully saturated rings. The SMILES string of the molecule is CCc1cc2c([nH]1)N1CCN[C@@H](C#C[C@@H](c3c(O)c(OC)c(O)c4c3OC(c3ccc(O)cc3)CC4=O)Cc3cccc-2c3)C1. The summed E-state index contributed by atoms with van der Waals surface area (Å²) in [4.78, 5) is 19.6. The van der Waals surface area contributed by atoms with Crippen LogP contribution in [0.25, 0.3) is 11.1 Å². The summed E-state index contributed by atoms with van der Waals surface area (Å²) in [6.45, 7) is 4.38. The number of aromatic nitrogens is 1. The number of ketones is 1. The van der Waals surface area contributed by atoms with E-state index < -0.39 is 17.8 Å². The number of aryl methyl sites for hydroxylation is 1. The fourth-order valence-electron chi connectivity index (χ4n) is 6.66. The van der Waals surface area contributed by atoms with Crippen LogP contribution in [-0.4, -0.2) is 58.9 Å². The first-order chi connectivity index (χ1) is 21.8. The lowest BCUT2D eigenvalue weighted by Gasteiger charge is -2.33. The summed E-state index contributed by atoms with van der Waals surface area (Å²) in [6.07, 6.45) is 0.582. The first-order valence-corrected chi connectivity index (χ1v) is 15.3. The molecule has 230 valence electrons. The van der Waals surface area contributed by atoms with E-state index in [9.17, 15) is 20.1 Å². The van der Waals surface area contributed by atoms with Gasteiger partial charge in [0.1, 0.15) is 29.0 Å². The normalized spacial score (nSPS) is 20.4. The molecular formula is C36H35N3O6. The lowest BCUT2D eigenvalue weighted by molar-refractivity contribution is 0.0840. The van der Waals surface area contributed by atoms with E-state index in [0.29, 0.717) is 24.1 Å². The van der Waals surface area contributed by atoms with E-state index in [-0.39, 0.29) is 46.8 Å². The van der Waals surface area contributed by atoms with Crippen molar-refractivity contribution in [2.45, 2.75) is 44.2 Å². The van der Waals surface area contributed by atoms with E-state index in [4.69, 9.17) is 9.47 Å². The molecule has 0 spiro atoms. The lowest BCUT2D eigenvalue weighted by Crippen LogP contribution is -2.50. The first kappa shape index (κ1) is 28.7. The molecule has 1 aromatic heterocycles. The van der Waals surface area contributed by atoms with Crippen molar-refractivity contribution in [3.63, 3.8) is 0 Å². The highest BCUT2D eigenvalue weighted by molar-refractivity contribution is 6.04. The molecule has 0 aliphatic carbocycles. The second-order valence-corrected chi connectivity index (χ2v) is 11.8. The van der Waals surface area contributed by atoms with Gasteiger partial charge in [-0.3, -0.25) is 4.79 Å². The highest BCUT2D eigenvalue weighted by atomic mass is 16.5. The van der Waals surface area contributed by atoms with Crippen molar-refractivity contribution >= 4 is 11.6 Å². The predicted octanol–water partition coefficient (Wildman–Crippen LogP) is 5.20. The molecule has 0 amide bonds. The molecule has 3 atom stereocenters. The maximum atomic E-state index is 13.6. The Hall–Kier alpha value is -5.07.